The minimum Gasteiger partial charge on any atom is -0.444 e. The highest BCUT2D eigenvalue weighted by Gasteiger charge is 2.26. The van der Waals surface area contributed by atoms with Crippen LogP contribution in [0.25, 0.3) is 22.0 Å². The Bertz CT molecular complexity index is 1590. The smallest absolute Gasteiger partial charge is 0.410 e. The molecule has 1 aromatic carbocycles. The summed E-state index contributed by atoms with van der Waals surface area (Å²) in [5, 5.41) is 4.66. The molecule has 4 heterocycles. The zero-order chi connectivity index (χ0) is 27.7. The van der Waals surface area contributed by atoms with Crippen molar-refractivity contribution in [2.75, 3.05) is 36.4 Å². The number of ether oxygens (including phenoxy) is 1. The van der Waals surface area contributed by atoms with Crippen LogP contribution in [-0.4, -0.2) is 57.3 Å². The molecule has 1 N–H and O–H groups in total. The Kier molecular flexibility index (Phi) is 7.18. The maximum absolute atomic E-state index is 13.2. The maximum atomic E-state index is 13.2. The molecule has 1 saturated heterocycles. The summed E-state index contributed by atoms with van der Waals surface area (Å²) in [6, 6.07) is 13.0. The van der Waals surface area contributed by atoms with E-state index < -0.39 is 5.60 Å². The number of carbonyl (C=O) groups is 1. The molecular formula is C29H31ClN6O3. The highest BCUT2D eigenvalue weighted by molar-refractivity contribution is 6.33. The molecule has 1 aliphatic rings. The van der Waals surface area contributed by atoms with Crippen molar-refractivity contribution in [1.82, 2.24) is 19.4 Å². The van der Waals surface area contributed by atoms with Crippen LogP contribution < -0.4 is 15.8 Å². The van der Waals surface area contributed by atoms with Gasteiger partial charge >= 0.3 is 6.09 Å². The summed E-state index contributed by atoms with van der Waals surface area (Å²) in [6.07, 6.45) is 4.99. The quantitative estimate of drug-likeness (QED) is 0.364. The molecule has 5 rings (SSSR count). The maximum Gasteiger partial charge on any atom is 0.410 e. The third-order valence-electron chi connectivity index (χ3n) is 6.56. The van der Waals surface area contributed by atoms with Crippen molar-refractivity contribution < 1.29 is 9.53 Å². The number of halogens is 1. The first-order chi connectivity index (χ1) is 18.6. The van der Waals surface area contributed by atoms with E-state index in [4.69, 9.17) is 16.3 Å². The molecule has 0 radical (unpaired) electrons. The lowest BCUT2D eigenvalue weighted by atomic mass is 10.1. The molecule has 3 aromatic heterocycles. The Labute approximate surface area is 232 Å². The van der Waals surface area contributed by atoms with E-state index in [1.54, 1.807) is 35.0 Å². The van der Waals surface area contributed by atoms with Crippen LogP contribution in [-0.2, 0) is 11.8 Å². The predicted octanol–water partition coefficient (Wildman–Crippen LogP) is 5.45. The van der Waals surface area contributed by atoms with Crippen LogP contribution in [0.2, 0.25) is 5.02 Å². The van der Waals surface area contributed by atoms with Gasteiger partial charge in [0, 0.05) is 67.0 Å². The number of hydrogen-bond donors (Lipinski definition) is 1. The predicted molar refractivity (Wildman–Crippen MR) is 155 cm³/mol. The standard InChI is InChI=1S/C29H31ClN6O3/c1-29(2,3)39-28(38)36-11-9-35(10-12-36)21-14-20(17-31-18-21)33-26-15-25-19(16-32-26)13-23(27(37)34(25)4)22-7-5-6-8-24(22)30/h5-8,13-18H,9-12H2,1-4H3,(H,32,33). The molecule has 0 bridgehead atoms. The van der Waals surface area contributed by atoms with Crippen LogP contribution in [0, 0.1) is 0 Å². The number of piperazine rings is 1. The second-order valence-electron chi connectivity index (χ2n) is 10.5. The Balaban J connectivity index is 1.32. The number of anilines is 3. The fourth-order valence-electron chi connectivity index (χ4n) is 4.60. The molecule has 0 spiro atoms. The van der Waals surface area contributed by atoms with Crippen LogP contribution in [0.1, 0.15) is 20.8 Å². The lowest BCUT2D eigenvalue weighted by molar-refractivity contribution is 0.0240. The minimum absolute atomic E-state index is 0.137. The Morgan fingerprint density at radius 1 is 1.00 bits per heavy atom. The van der Waals surface area contributed by atoms with Crippen molar-refractivity contribution in [3.63, 3.8) is 0 Å². The van der Waals surface area contributed by atoms with Crippen LogP contribution >= 0.6 is 11.6 Å². The van der Waals surface area contributed by atoms with E-state index in [1.165, 1.54) is 0 Å². The summed E-state index contributed by atoms with van der Waals surface area (Å²) in [4.78, 5) is 38.5. The number of rotatable bonds is 4. The molecule has 1 fully saturated rings. The van der Waals surface area contributed by atoms with Crippen LogP contribution in [0.15, 0.2) is 65.8 Å². The molecule has 10 heteroatoms. The summed E-state index contributed by atoms with van der Waals surface area (Å²) in [6.45, 7) is 8.10. The second-order valence-corrected chi connectivity index (χ2v) is 10.9. The van der Waals surface area contributed by atoms with Gasteiger partial charge in [-0.2, -0.15) is 0 Å². The SMILES string of the molecule is Cn1c(=O)c(-c2ccccc2Cl)cc2cnc(Nc3cncc(N4CCN(C(=O)OC(C)(C)C)CC4)c3)cc21. The fraction of sp³-hybridized carbons (Fsp3) is 0.310. The zero-order valence-electron chi connectivity index (χ0n) is 22.4. The van der Waals surface area contributed by atoms with Crippen molar-refractivity contribution in [2.24, 2.45) is 7.05 Å². The van der Waals surface area contributed by atoms with Gasteiger partial charge < -0.3 is 24.4 Å². The van der Waals surface area contributed by atoms with E-state index in [0.717, 1.165) is 22.3 Å². The number of hydrogen-bond acceptors (Lipinski definition) is 7. The first-order valence-electron chi connectivity index (χ1n) is 12.8. The monoisotopic (exact) mass is 546 g/mol. The van der Waals surface area contributed by atoms with Crippen LogP contribution in [0.5, 0.6) is 0 Å². The Morgan fingerprint density at radius 3 is 2.46 bits per heavy atom. The van der Waals surface area contributed by atoms with Gasteiger partial charge in [0.1, 0.15) is 11.4 Å². The molecule has 202 valence electrons. The van der Waals surface area contributed by atoms with Gasteiger partial charge in [0.15, 0.2) is 0 Å². The first-order valence-corrected chi connectivity index (χ1v) is 13.2. The molecular weight excluding hydrogens is 516 g/mol. The van der Waals surface area contributed by atoms with Crippen molar-refractivity contribution in [1.29, 1.82) is 0 Å². The number of amides is 1. The van der Waals surface area contributed by atoms with Crippen molar-refractivity contribution in [3.05, 3.63) is 76.4 Å². The van der Waals surface area contributed by atoms with Gasteiger partial charge in [-0.05, 0) is 39.0 Å². The molecule has 0 aliphatic carbocycles. The molecule has 4 aromatic rings. The van der Waals surface area contributed by atoms with Crippen molar-refractivity contribution >= 4 is 45.8 Å². The zero-order valence-corrected chi connectivity index (χ0v) is 23.2. The normalized spacial score (nSPS) is 14.0. The molecule has 0 saturated carbocycles. The third kappa shape index (κ3) is 5.83. The molecule has 1 aliphatic heterocycles. The minimum atomic E-state index is -0.515. The average molecular weight is 547 g/mol. The lowest BCUT2D eigenvalue weighted by Crippen LogP contribution is -2.50. The van der Waals surface area contributed by atoms with E-state index in [9.17, 15) is 9.59 Å². The van der Waals surface area contributed by atoms with E-state index in [2.05, 4.69) is 20.2 Å². The summed E-state index contributed by atoms with van der Waals surface area (Å²) in [5.41, 5.74) is 3.03. The first kappa shape index (κ1) is 26.5. The highest BCUT2D eigenvalue weighted by Crippen LogP contribution is 2.28. The Hall–Kier alpha value is -4.11. The summed E-state index contributed by atoms with van der Waals surface area (Å²) >= 11 is 6.36. The lowest BCUT2D eigenvalue weighted by Gasteiger charge is -2.36. The highest BCUT2D eigenvalue weighted by atomic mass is 35.5. The van der Waals surface area contributed by atoms with Crippen LogP contribution in [0.3, 0.4) is 0 Å². The average Bonchev–Trinajstić information content (AvgIpc) is 2.91. The van der Waals surface area contributed by atoms with Gasteiger partial charge in [0.2, 0.25) is 0 Å². The number of aromatic nitrogens is 3. The molecule has 9 nitrogen and oxygen atoms in total. The van der Waals surface area contributed by atoms with Gasteiger partial charge in [-0.15, -0.1) is 0 Å². The number of carbonyl (C=O) groups excluding carboxylic acids is 1. The number of nitrogens with one attached hydrogen (secondary N) is 1. The molecule has 0 unspecified atom stereocenters. The topological polar surface area (TPSA) is 92.6 Å². The third-order valence-corrected chi connectivity index (χ3v) is 6.89. The van der Waals surface area contributed by atoms with Gasteiger partial charge in [0.05, 0.1) is 29.3 Å². The summed E-state index contributed by atoms with van der Waals surface area (Å²) in [5.74, 6) is 0.594. The largest absolute Gasteiger partial charge is 0.444 e. The second kappa shape index (κ2) is 10.6. The number of benzene rings is 1. The van der Waals surface area contributed by atoms with Gasteiger partial charge in [-0.1, -0.05) is 29.8 Å². The number of nitrogens with zero attached hydrogens (tertiary/aromatic N) is 5. The molecule has 1 amide bonds. The number of fused-ring (bicyclic) bond motifs is 1. The number of aryl methyl sites for hydroxylation is 1. The van der Waals surface area contributed by atoms with Gasteiger partial charge in [-0.3, -0.25) is 9.78 Å². The van der Waals surface area contributed by atoms with E-state index in [-0.39, 0.29) is 11.7 Å². The Morgan fingerprint density at radius 2 is 1.74 bits per heavy atom. The van der Waals surface area contributed by atoms with E-state index in [1.807, 2.05) is 63.4 Å². The molecule has 39 heavy (non-hydrogen) atoms. The summed E-state index contributed by atoms with van der Waals surface area (Å²) in [7, 11) is 1.74. The van der Waals surface area contributed by atoms with Crippen molar-refractivity contribution in [3.8, 4) is 11.1 Å². The van der Waals surface area contributed by atoms with Gasteiger partial charge in [-0.25, -0.2) is 9.78 Å². The van der Waals surface area contributed by atoms with Crippen molar-refractivity contribution in [2.45, 2.75) is 26.4 Å². The summed E-state index contributed by atoms with van der Waals surface area (Å²) < 4.78 is 7.11. The van der Waals surface area contributed by atoms with E-state index >= 15 is 0 Å². The molecule has 0 atom stereocenters. The van der Waals surface area contributed by atoms with Gasteiger partial charge in [0.25, 0.3) is 5.56 Å². The van der Waals surface area contributed by atoms with E-state index in [0.29, 0.717) is 48.1 Å². The number of pyridine rings is 3. The van der Waals surface area contributed by atoms with Crippen LogP contribution in [0.4, 0.5) is 22.0 Å². The fourth-order valence-corrected chi connectivity index (χ4v) is 4.83.